The van der Waals surface area contributed by atoms with E-state index in [1.54, 1.807) is 0 Å². The Morgan fingerprint density at radius 1 is 1.30 bits per heavy atom. The zero-order valence-electron chi connectivity index (χ0n) is 14.8. The normalized spacial score (nSPS) is 60.7. The average Bonchev–Trinajstić information content (AvgIpc) is 3.00. The monoisotopic (exact) mass is 318 g/mol. The van der Waals surface area contributed by atoms with Crippen molar-refractivity contribution in [3.05, 3.63) is 12.2 Å². The van der Waals surface area contributed by atoms with Gasteiger partial charge in [0.15, 0.2) is 5.78 Å². The molecule has 3 nitrogen and oxygen atoms in total. The number of fused-ring (bicyclic) bond motifs is 2. The molecule has 1 spiro atoms. The maximum Gasteiger partial charge on any atom is 0.161 e. The Labute approximate surface area is 139 Å². The molecule has 3 fully saturated rings. The van der Waals surface area contributed by atoms with Gasteiger partial charge in [-0.1, -0.05) is 33.8 Å². The zero-order chi connectivity index (χ0) is 16.8. The van der Waals surface area contributed by atoms with Gasteiger partial charge in [-0.05, 0) is 60.3 Å². The van der Waals surface area contributed by atoms with Gasteiger partial charge in [0, 0.05) is 10.8 Å². The van der Waals surface area contributed by atoms with Crippen molar-refractivity contribution >= 4 is 5.78 Å². The smallest absolute Gasteiger partial charge is 0.161 e. The third kappa shape index (κ3) is 1.48. The minimum Gasteiger partial charge on any atom is -0.396 e. The quantitative estimate of drug-likeness (QED) is 0.781. The van der Waals surface area contributed by atoms with Crippen LogP contribution in [0, 0.1) is 39.4 Å². The van der Waals surface area contributed by atoms with Crippen LogP contribution in [0.15, 0.2) is 12.2 Å². The largest absolute Gasteiger partial charge is 0.396 e. The van der Waals surface area contributed by atoms with Gasteiger partial charge in [0.2, 0.25) is 0 Å². The molecule has 4 rings (SSSR count). The van der Waals surface area contributed by atoms with E-state index in [1.165, 1.54) is 0 Å². The third-order valence-electron chi connectivity index (χ3n) is 8.86. The first-order valence-corrected chi connectivity index (χ1v) is 9.17. The van der Waals surface area contributed by atoms with E-state index >= 15 is 0 Å². The summed E-state index contributed by atoms with van der Waals surface area (Å²) in [4.78, 5) is 12.8. The van der Waals surface area contributed by atoms with Crippen molar-refractivity contribution in [2.45, 2.75) is 59.5 Å². The molecule has 3 saturated carbocycles. The van der Waals surface area contributed by atoms with Crippen molar-refractivity contribution in [2.24, 2.45) is 39.4 Å². The van der Waals surface area contributed by atoms with Crippen LogP contribution < -0.4 is 0 Å². The predicted molar refractivity (Wildman–Crippen MR) is 88.6 cm³/mol. The Balaban J connectivity index is 1.89. The van der Waals surface area contributed by atoms with Gasteiger partial charge in [-0.25, -0.2) is 0 Å². The van der Waals surface area contributed by atoms with Crippen LogP contribution in [0.1, 0.15) is 53.4 Å². The second-order valence-corrected chi connectivity index (χ2v) is 9.72. The molecule has 0 heterocycles. The maximum atomic E-state index is 12.8. The number of aliphatic hydroxyl groups excluding tert-OH is 2. The zero-order valence-corrected chi connectivity index (χ0v) is 14.8. The number of aliphatic hydroxyl groups is 2. The minimum absolute atomic E-state index is 0.00875. The molecule has 0 aromatic heterocycles. The molecule has 0 aliphatic heterocycles. The Hall–Kier alpha value is -0.670. The van der Waals surface area contributed by atoms with E-state index < -0.39 is 11.5 Å². The second kappa shape index (κ2) is 4.29. The van der Waals surface area contributed by atoms with Gasteiger partial charge in [-0.2, -0.15) is 0 Å². The standard InChI is InChI=1S/C20H30O3/c1-12-5-6-14(22)19(4)8-7-13-16-17(2,10-20(12,13)19)9-15(23)18(16,3)11-21/h5-6,12-13,15-16,21,23H,7-11H2,1-4H3/t12-,13-,15-,16-,17+,18-,19-,20-/m0/s1. The summed E-state index contributed by atoms with van der Waals surface area (Å²) in [7, 11) is 0. The van der Waals surface area contributed by atoms with E-state index in [1.807, 2.05) is 6.08 Å². The maximum absolute atomic E-state index is 12.8. The number of carbonyl (C=O) groups is 1. The van der Waals surface area contributed by atoms with Crippen molar-refractivity contribution in [3.63, 3.8) is 0 Å². The van der Waals surface area contributed by atoms with Crippen molar-refractivity contribution in [1.82, 2.24) is 0 Å². The highest BCUT2D eigenvalue weighted by molar-refractivity contribution is 5.96. The fourth-order valence-electron chi connectivity index (χ4n) is 7.88. The number of allylic oxidation sites excluding steroid dienone is 2. The van der Waals surface area contributed by atoms with Gasteiger partial charge in [-0.3, -0.25) is 4.79 Å². The molecule has 0 amide bonds. The van der Waals surface area contributed by atoms with E-state index in [4.69, 9.17) is 0 Å². The summed E-state index contributed by atoms with van der Waals surface area (Å²) in [6, 6.07) is 0. The van der Waals surface area contributed by atoms with E-state index in [-0.39, 0.29) is 22.9 Å². The molecule has 4 aliphatic carbocycles. The Bertz CT molecular complexity index is 598. The molecular formula is C20H30O3. The summed E-state index contributed by atoms with van der Waals surface area (Å²) in [6.07, 6.45) is 7.28. The molecule has 2 N–H and O–H groups in total. The molecule has 0 bridgehead atoms. The summed E-state index contributed by atoms with van der Waals surface area (Å²) in [5.41, 5.74) is -0.656. The first kappa shape index (κ1) is 15.8. The van der Waals surface area contributed by atoms with Crippen LogP contribution in [0.4, 0.5) is 0 Å². The van der Waals surface area contributed by atoms with Gasteiger partial charge < -0.3 is 10.2 Å². The second-order valence-electron chi connectivity index (χ2n) is 9.72. The third-order valence-corrected chi connectivity index (χ3v) is 8.86. The van der Waals surface area contributed by atoms with Crippen LogP contribution in [0.5, 0.6) is 0 Å². The van der Waals surface area contributed by atoms with E-state index in [0.717, 1.165) is 25.7 Å². The molecule has 23 heavy (non-hydrogen) atoms. The average molecular weight is 318 g/mol. The lowest BCUT2D eigenvalue weighted by Crippen LogP contribution is -2.50. The lowest BCUT2D eigenvalue weighted by atomic mass is 9.52. The van der Waals surface area contributed by atoms with Gasteiger partial charge >= 0.3 is 0 Å². The lowest BCUT2D eigenvalue weighted by molar-refractivity contribution is -0.135. The van der Waals surface area contributed by atoms with Gasteiger partial charge in [-0.15, -0.1) is 0 Å². The predicted octanol–water partition coefficient (Wildman–Crippen LogP) is 2.95. The first-order valence-electron chi connectivity index (χ1n) is 9.17. The molecule has 0 saturated heterocycles. The first-order chi connectivity index (χ1) is 10.7. The van der Waals surface area contributed by atoms with E-state index in [0.29, 0.717) is 23.5 Å². The summed E-state index contributed by atoms with van der Waals surface area (Å²) < 4.78 is 0. The van der Waals surface area contributed by atoms with Gasteiger partial charge in [0.25, 0.3) is 0 Å². The Morgan fingerprint density at radius 3 is 2.65 bits per heavy atom. The van der Waals surface area contributed by atoms with Crippen LogP contribution in [-0.4, -0.2) is 28.7 Å². The SMILES string of the molecule is C[C@H]1C=CC(=O)[C@]2(C)CC[C@H]3[C@H]4[C@](C)(C[C@H](O)[C@]4(C)CO)C[C@]132. The molecule has 8 atom stereocenters. The fraction of sp³-hybridized carbons (Fsp3) is 0.850. The summed E-state index contributed by atoms with van der Waals surface area (Å²) >= 11 is 0. The van der Waals surface area contributed by atoms with E-state index in [2.05, 4.69) is 33.8 Å². The van der Waals surface area contributed by atoms with Crippen molar-refractivity contribution in [3.8, 4) is 0 Å². The molecule has 0 aromatic carbocycles. The van der Waals surface area contributed by atoms with Crippen molar-refractivity contribution < 1.29 is 15.0 Å². The summed E-state index contributed by atoms with van der Waals surface area (Å²) in [5, 5.41) is 20.8. The van der Waals surface area contributed by atoms with Crippen LogP contribution in [0.2, 0.25) is 0 Å². The highest BCUT2D eigenvalue weighted by Crippen LogP contribution is 2.79. The minimum atomic E-state index is -0.433. The van der Waals surface area contributed by atoms with Gasteiger partial charge in [0.1, 0.15) is 0 Å². The van der Waals surface area contributed by atoms with Crippen LogP contribution in [0.3, 0.4) is 0 Å². The number of hydrogen-bond donors (Lipinski definition) is 2. The number of carbonyl (C=O) groups excluding carboxylic acids is 1. The van der Waals surface area contributed by atoms with Crippen molar-refractivity contribution in [1.29, 1.82) is 0 Å². The van der Waals surface area contributed by atoms with Crippen LogP contribution in [0.25, 0.3) is 0 Å². The van der Waals surface area contributed by atoms with Gasteiger partial charge in [0.05, 0.1) is 12.7 Å². The molecular weight excluding hydrogens is 288 g/mol. The summed E-state index contributed by atoms with van der Waals surface area (Å²) in [6.45, 7) is 8.86. The highest BCUT2D eigenvalue weighted by atomic mass is 16.3. The van der Waals surface area contributed by atoms with Crippen LogP contribution >= 0.6 is 0 Å². The molecule has 128 valence electrons. The molecule has 3 heteroatoms. The molecule has 0 radical (unpaired) electrons. The molecule has 4 aliphatic rings. The Kier molecular flexibility index (Phi) is 2.95. The molecule has 0 unspecified atom stereocenters. The summed E-state index contributed by atoms with van der Waals surface area (Å²) in [5.74, 6) is 1.42. The number of hydrogen-bond acceptors (Lipinski definition) is 3. The number of rotatable bonds is 1. The highest BCUT2D eigenvalue weighted by Gasteiger charge is 2.76. The van der Waals surface area contributed by atoms with E-state index in [9.17, 15) is 15.0 Å². The van der Waals surface area contributed by atoms with Crippen LogP contribution in [-0.2, 0) is 4.79 Å². The number of ketones is 1. The topological polar surface area (TPSA) is 57.5 Å². The fourth-order valence-corrected chi connectivity index (χ4v) is 7.88. The molecule has 0 aromatic rings. The lowest BCUT2D eigenvalue weighted by Gasteiger charge is -2.50. The van der Waals surface area contributed by atoms with Crippen molar-refractivity contribution in [2.75, 3.05) is 6.61 Å². The Morgan fingerprint density at radius 2 is 2.00 bits per heavy atom.